The van der Waals surface area contributed by atoms with Crippen LogP contribution >= 0.6 is 11.6 Å². The molecule has 1 N–H and O–H groups in total. The fourth-order valence-corrected chi connectivity index (χ4v) is 5.26. The first-order chi connectivity index (χ1) is 17.4. The summed E-state index contributed by atoms with van der Waals surface area (Å²) in [6.45, 7) is 0. The molecule has 182 valence electrons. The number of aryl methyl sites for hydroxylation is 1. The highest BCUT2D eigenvalue weighted by Crippen LogP contribution is 2.51. The third kappa shape index (κ3) is 3.71. The van der Waals surface area contributed by atoms with E-state index in [1.54, 1.807) is 28.8 Å². The first kappa shape index (κ1) is 22.6. The molecule has 36 heavy (non-hydrogen) atoms. The van der Waals surface area contributed by atoms with Crippen LogP contribution in [0.15, 0.2) is 79.4 Å². The first-order valence-electron chi connectivity index (χ1n) is 11.8. The van der Waals surface area contributed by atoms with E-state index in [4.69, 9.17) is 11.6 Å². The SMILES string of the molecule is CN(C(=O)c1ccc(C2=CNC3C=CC(c4cnn(C)c4)=CN23)cc1F)C1(c2cccc(Cl)c2)CC1. The molecule has 6 nitrogen and oxygen atoms in total. The zero-order chi connectivity index (χ0) is 25.0. The van der Waals surface area contributed by atoms with Gasteiger partial charge in [0.1, 0.15) is 12.0 Å². The zero-order valence-corrected chi connectivity index (χ0v) is 20.7. The van der Waals surface area contributed by atoms with Gasteiger partial charge in [0.05, 0.1) is 23.0 Å². The molecule has 2 aromatic carbocycles. The lowest BCUT2D eigenvalue weighted by Gasteiger charge is -2.29. The summed E-state index contributed by atoms with van der Waals surface area (Å²) >= 11 is 6.19. The average Bonchev–Trinajstić information content (AvgIpc) is 3.40. The number of nitrogens with one attached hydrogen (secondary N) is 1. The first-order valence-corrected chi connectivity index (χ1v) is 12.2. The molecule has 1 saturated carbocycles. The van der Waals surface area contributed by atoms with Crippen molar-refractivity contribution in [2.45, 2.75) is 24.5 Å². The van der Waals surface area contributed by atoms with Crippen LogP contribution in [0.4, 0.5) is 4.39 Å². The third-order valence-electron chi connectivity index (χ3n) is 7.27. The molecule has 3 aliphatic rings. The number of nitrogens with zero attached hydrogens (tertiary/aromatic N) is 4. The van der Waals surface area contributed by atoms with Gasteiger partial charge in [-0.3, -0.25) is 9.48 Å². The number of carbonyl (C=O) groups is 1. The van der Waals surface area contributed by atoms with E-state index in [2.05, 4.69) is 21.4 Å². The van der Waals surface area contributed by atoms with Gasteiger partial charge >= 0.3 is 0 Å². The number of halogens is 2. The van der Waals surface area contributed by atoms with E-state index in [9.17, 15) is 4.79 Å². The summed E-state index contributed by atoms with van der Waals surface area (Å²) in [4.78, 5) is 17.1. The minimum atomic E-state index is -0.542. The number of rotatable bonds is 5. The van der Waals surface area contributed by atoms with Crippen molar-refractivity contribution in [1.82, 2.24) is 24.9 Å². The van der Waals surface area contributed by atoms with E-state index in [0.29, 0.717) is 10.6 Å². The topological polar surface area (TPSA) is 53.4 Å². The van der Waals surface area contributed by atoms with Gasteiger partial charge in [0.15, 0.2) is 0 Å². The highest BCUT2D eigenvalue weighted by molar-refractivity contribution is 6.30. The molecule has 1 amide bonds. The second kappa shape index (κ2) is 8.38. The number of hydrogen-bond donors (Lipinski definition) is 1. The van der Waals surface area contributed by atoms with Crippen LogP contribution in [0.2, 0.25) is 5.02 Å². The van der Waals surface area contributed by atoms with Crippen LogP contribution in [0.3, 0.4) is 0 Å². The molecule has 1 aliphatic carbocycles. The van der Waals surface area contributed by atoms with Gasteiger partial charge in [-0.15, -0.1) is 0 Å². The van der Waals surface area contributed by atoms with Crippen LogP contribution in [-0.4, -0.2) is 38.7 Å². The van der Waals surface area contributed by atoms with Crippen molar-refractivity contribution in [1.29, 1.82) is 0 Å². The van der Waals surface area contributed by atoms with Gasteiger partial charge in [-0.1, -0.05) is 35.9 Å². The maximum Gasteiger partial charge on any atom is 0.257 e. The van der Waals surface area contributed by atoms with E-state index < -0.39 is 11.4 Å². The van der Waals surface area contributed by atoms with Crippen molar-refractivity contribution < 1.29 is 9.18 Å². The molecule has 1 atom stereocenters. The molecular weight excluding hydrogens is 477 g/mol. The molecule has 0 saturated heterocycles. The van der Waals surface area contributed by atoms with Gasteiger partial charge in [-0.25, -0.2) is 4.39 Å². The Hall–Kier alpha value is -3.84. The smallest absolute Gasteiger partial charge is 0.257 e. The van der Waals surface area contributed by atoms with Crippen LogP contribution in [0, 0.1) is 5.82 Å². The van der Waals surface area contributed by atoms with Crippen LogP contribution in [-0.2, 0) is 12.6 Å². The van der Waals surface area contributed by atoms with Gasteiger partial charge in [0, 0.05) is 54.4 Å². The average molecular weight is 502 g/mol. The lowest BCUT2D eigenvalue weighted by atomic mass is 10.0. The quantitative estimate of drug-likeness (QED) is 0.527. The number of aromatic nitrogens is 2. The molecule has 2 aliphatic heterocycles. The summed E-state index contributed by atoms with van der Waals surface area (Å²) in [7, 11) is 3.62. The lowest BCUT2D eigenvalue weighted by molar-refractivity contribution is 0.0700. The zero-order valence-electron chi connectivity index (χ0n) is 20.0. The largest absolute Gasteiger partial charge is 0.366 e. The van der Waals surface area contributed by atoms with Crippen molar-refractivity contribution in [2.24, 2.45) is 7.05 Å². The van der Waals surface area contributed by atoms with Gasteiger partial charge in [0.2, 0.25) is 0 Å². The molecule has 0 spiro atoms. The van der Waals surface area contributed by atoms with Crippen molar-refractivity contribution >= 4 is 28.8 Å². The number of allylic oxidation sites excluding steroid dienone is 2. The Balaban J connectivity index is 1.25. The summed E-state index contributed by atoms with van der Waals surface area (Å²) in [6.07, 6.45) is 13.4. The summed E-state index contributed by atoms with van der Waals surface area (Å²) in [5.41, 5.74) is 4.13. The maximum atomic E-state index is 15.4. The lowest BCUT2D eigenvalue weighted by Crippen LogP contribution is -2.37. The van der Waals surface area contributed by atoms with Crippen LogP contribution in [0.5, 0.6) is 0 Å². The van der Waals surface area contributed by atoms with Gasteiger partial charge in [-0.2, -0.15) is 5.10 Å². The summed E-state index contributed by atoms with van der Waals surface area (Å²) in [6, 6.07) is 12.4. The summed E-state index contributed by atoms with van der Waals surface area (Å²) < 4.78 is 17.1. The predicted molar refractivity (Wildman–Crippen MR) is 138 cm³/mol. The monoisotopic (exact) mass is 501 g/mol. The van der Waals surface area contributed by atoms with E-state index in [1.165, 1.54) is 6.07 Å². The van der Waals surface area contributed by atoms with Crippen LogP contribution in [0.1, 0.15) is 39.9 Å². The number of fused-ring (bicyclic) bond motifs is 1. The summed E-state index contributed by atoms with van der Waals surface area (Å²) in [5, 5.41) is 8.19. The Labute approximate surface area is 214 Å². The second-order valence-electron chi connectivity index (χ2n) is 9.50. The molecule has 0 bridgehead atoms. The molecule has 0 radical (unpaired) electrons. The molecule has 8 heteroatoms. The van der Waals surface area contributed by atoms with Crippen LogP contribution < -0.4 is 5.32 Å². The maximum absolute atomic E-state index is 15.4. The number of amides is 1. The highest BCUT2D eigenvalue weighted by atomic mass is 35.5. The Bertz CT molecular complexity index is 1470. The van der Waals surface area contributed by atoms with Gasteiger partial charge in [0.25, 0.3) is 5.91 Å². The molecule has 3 aromatic rings. The minimum Gasteiger partial charge on any atom is -0.366 e. The number of hydrogen-bond acceptors (Lipinski definition) is 4. The molecule has 1 fully saturated rings. The van der Waals surface area contributed by atoms with Crippen molar-refractivity contribution in [3.8, 4) is 0 Å². The molecule has 3 heterocycles. The predicted octanol–water partition coefficient (Wildman–Crippen LogP) is 5.11. The van der Waals surface area contributed by atoms with Crippen molar-refractivity contribution in [3.05, 3.63) is 113 Å². The Kier molecular flexibility index (Phi) is 5.26. The minimum absolute atomic E-state index is 0.0525. The van der Waals surface area contributed by atoms with E-state index in [0.717, 1.165) is 35.2 Å². The fraction of sp³-hybridized carbons (Fsp3) is 0.214. The summed E-state index contributed by atoms with van der Waals surface area (Å²) in [5.74, 6) is -0.882. The fourth-order valence-electron chi connectivity index (χ4n) is 5.07. The van der Waals surface area contributed by atoms with E-state index in [-0.39, 0.29) is 17.6 Å². The Morgan fingerprint density at radius 3 is 2.75 bits per heavy atom. The van der Waals surface area contributed by atoms with Gasteiger partial charge in [-0.05, 0) is 48.7 Å². The van der Waals surface area contributed by atoms with Crippen molar-refractivity contribution in [3.63, 3.8) is 0 Å². The second-order valence-corrected chi connectivity index (χ2v) is 9.93. The normalized spacial score (nSPS) is 19.3. The molecule has 6 rings (SSSR count). The third-order valence-corrected chi connectivity index (χ3v) is 7.51. The van der Waals surface area contributed by atoms with E-state index >= 15 is 4.39 Å². The highest BCUT2D eigenvalue weighted by Gasteiger charge is 2.50. The molecule has 1 aromatic heterocycles. The molecule has 1 unspecified atom stereocenters. The van der Waals surface area contributed by atoms with Crippen LogP contribution in [0.25, 0.3) is 11.3 Å². The van der Waals surface area contributed by atoms with Gasteiger partial charge < -0.3 is 15.1 Å². The number of benzene rings is 2. The molecular formula is C28H25ClFN5O. The number of carbonyl (C=O) groups excluding carboxylic acids is 1. The standard InChI is InChI=1S/C28H25ClFN5O/c1-33-16-20(14-32-33)19-7-9-26-31-15-25(35(26)17-19)18-6-8-23(24(30)12-18)27(36)34(2)28(10-11-28)21-4-3-5-22(29)13-21/h3-9,12-17,26,31H,10-11H2,1-2H3. The van der Waals surface area contributed by atoms with E-state index in [1.807, 2.05) is 62.2 Å². The Morgan fingerprint density at radius 1 is 1.22 bits per heavy atom. The Morgan fingerprint density at radius 2 is 2.06 bits per heavy atom. The van der Waals surface area contributed by atoms with Crippen molar-refractivity contribution in [2.75, 3.05) is 7.05 Å².